The second kappa shape index (κ2) is 8.12. The molecule has 31 heavy (non-hydrogen) atoms. The first-order valence-electron chi connectivity index (χ1n) is 9.92. The largest absolute Gasteiger partial charge is 0.492 e. The average molecular weight is 454 g/mol. The number of pyridine rings is 1. The predicted molar refractivity (Wildman–Crippen MR) is 114 cm³/mol. The molecule has 1 aliphatic heterocycles. The monoisotopic (exact) mass is 453 g/mol. The maximum absolute atomic E-state index is 15.3. The maximum atomic E-state index is 15.3. The number of carbonyl (C=O) groups is 1. The molecule has 1 aromatic carbocycles. The minimum absolute atomic E-state index is 0.0632. The van der Waals surface area contributed by atoms with Gasteiger partial charge in [0.05, 0.1) is 24.1 Å². The molecule has 166 valence electrons. The van der Waals surface area contributed by atoms with E-state index in [0.29, 0.717) is 24.5 Å². The highest BCUT2D eigenvalue weighted by molar-refractivity contribution is 6.30. The quantitative estimate of drug-likeness (QED) is 0.721. The van der Waals surface area contributed by atoms with Crippen LogP contribution in [-0.4, -0.2) is 48.6 Å². The van der Waals surface area contributed by atoms with Gasteiger partial charge in [0.15, 0.2) is 11.6 Å². The zero-order valence-electron chi connectivity index (χ0n) is 16.8. The normalized spacial score (nSPS) is 22.5. The molecule has 2 heterocycles. The van der Waals surface area contributed by atoms with Crippen LogP contribution in [0.15, 0.2) is 27.7 Å². The maximum Gasteiger partial charge on any atom is 0.341 e. The van der Waals surface area contributed by atoms with Gasteiger partial charge in [-0.15, -0.1) is 0 Å². The summed E-state index contributed by atoms with van der Waals surface area (Å²) in [4.78, 5) is 26.1. The smallest absolute Gasteiger partial charge is 0.341 e. The number of fused-ring (bicyclic) bond motifs is 1. The number of carboxylic acid groups (broad SMARTS) is 1. The van der Waals surface area contributed by atoms with Crippen molar-refractivity contribution < 1.29 is 23.4 Å². The van der Waals surface area contributed by atoms with E-state index in [-0.39, 0.29) is 35.3 Å². The molecular weight excluding hydrogens is 432 g/mol. The summed E-state index contributed by atoms with van der Waals surface area (Å²) in [6, 6.07) is 0.369. The van der Waals surface area contributed by atoms with E-state index in [4.69, 9.17) is 22.1 Å². The molecule has 0 radical (unpaired) electrons. The van der Waals surface area contributed by atoms with E-state index >= 15 is 4.39 Å². The molecule has 2 fully saturated rings. The first kappa shape index (κ1) is 21.6. The highest BCUT2D eigenvalue weighted by Gasteiger charge is 2.41. The lowest BCUT2D eigenvalue weighted by atomic mass is 10.0. The van der Waals surface area contributed by atoms with Crippen LogP contribution in [0.5, 0.6) is 5.75 Å². The molecule has 1 aliphatic carbocycles. The van der Waals surface area contributed by atoms with Gasteiger partial charge in [0, 0.05) is 37.3 Å². The van der Waals surface area contributed by atoms with Gasteiger partial charge < -0.3 is 25.0 Å². The molecule has 3 N–H and O–H groups in total. The Labute approximate surface area is 181 Å². The summed E-state index contributed by atoms with van der Waals surface area (Å²) < 4.78 is 36.2. The molecule has 2 atom stereocenters. The molecule has 1 aromatic heterocycles. The van der Waals surface area contributed by atoms with E-state index in [0.717, 1.165) is 24.3 Å². The van der Waals surface area contributed by atoms with Gasteiger partial charge in [0.25, 0.3) is 0 Å². The number of aromatic carboxylic acids is 1. The molecule has 1 saturated heterocycles. The third-order valence-electron chi connectivity index (χ3n) is 5.84. The molecular formula is C21H22ClF2N3O4. The van der Waals surface area contributed by atoms with Gasteiger partial charge in [-0.3, -0.25) is 4.79 Å². The number of anilines is 1. The van der Waals surface area contributed by atoms with Crippen LogP contribution in [0.4, 0.5) is 14.5 Å². The number of halogens is 3. The lowest BCUT2D eigenvalue weighted by molar-refractivity contribution is 0.0694. The molecule has 1 saturated carbocycles. The second-order valence-corrected chi connectivity index (χ2v) is 8.23. The van der Waals surface area contributed by atoms with Crippen molar-refractivity contribution in [2.24, 2.45) is 5.73 Å². The number of methoxy groups -OCH3 is 1. The Morgan fingerprint density at radius 3 is 2.74 bits per heavy atom. The molecule has 10 heteroatoms. The van der Waals surface area contributed by atoms with Crippen molar-refractivity contribution in [1.82, 2.24) is 4.57 Å². The number of nitrogens with zero attached hydrogens (tertiary/aromatic N) is 2. The van der Waals surface area contributed by atoms with Crippen molar-refractivity contribution in [3.63, 3.8) is 0 Å². The Morgan fingerprint density at radius 1 is 1.45 bits per heavy atom. The van der Waals surface area contributed by atoms with E-state index in [1.54, 1.807) is 4.90 Å². The summed E-state index contributed by atoms with van der Waals surface area (Å²) in [6.45, 7) is 1.03. The fourth-order valence-electron chi connectivity index (χ4n) is 4.21. The van der Waals surface area contributed by atoms with Crippen LogP contribution in [0.1, 0.15) is 35.7 Å². The lowest BCUT2D eigenvalue weighted by Crippen LogP contribution is -2.33. The van der Waals surface area contributed by atoms with Gasteiger partial charge in [0.1, 0.15) is 17.4 Å². The number of nitrogens with two attached hydrogens (primary N) is 1. The number of rotatable bonds is 5. The van der Waals surface area contributed by atoms with Crippen LogP contribution in [0.2, 0.25) is 0 Å². The van der Waals surface area contributed by atoms with Gasteiger partial charge in [-0.05, 0) is 24.5 Å². The average Bonchev–Trinajstić information content (AvgIpc) is 3.48. The van der Waals surface area contributed by atoms with Crippen LogP contribution in [0.25, 0.3) is 10.9 Å². The molecule has 2 aliphatic rings. The zero-order valence-corrected chi connectivity index (χ0v) is 17.6. The summed E-state index contributed by atoms with van der Waals surface area (Å²) in [5, 5.41) is 9.77. The molecule has 4 rings (SSSR count). The van der Waals surface area contributed by atoms with E-state index in [9.17, 15) is 19.1 Å². The zero-order chi connectivity index (χ0) is 22.4. The van der Waals surface area contributed by atoms with Crippen molar-refractivity contribution in [2.45, 2.75) is 31.5 Å². The molecule has 2 aromatic rings. The van der Waals surface area contributed by atoms with Crippen molar-refractivity contribution in [3.05, 3.63) is 44.5 Å². The lowest BCUT2D eigenvalue weighted by Gasteiger charge is -2.33. The topological polar surface area (TPSA) is 97.8 Å². The second-order valence-electron chi connectivity index (χ2n) is 7.78. The molecule has 0 bridgehead atoms. The van der Waals surface area contributed by atoms with E-state index in [2.05, 4.69) is 0 Å². The van der Waals surface area contributed by atoms with Crippen LogP contribution < -0.4 is 20.8 Å². The standard InChI is InChI=1S/C21H22ClF2N3O4/c1-31-20-17-11(19(28)12(21(29)30)9-27(17)16-6-14(16)23)5-15(24)18(20)26-4-2-3-10(8-26)13(22)7-25/h5,9,14,16H,2-4,6-8,25H2,1H3,(H,29,30)/b13-10-/t14-,16+/m0/s1. The Hall–Kier alpha value is -2.65. The van der Waals surface area contributed by atoms with Crippen LogP contribution in [0.3, 0.4) is 0 Å². The third-order valence-corrected chi connectivity index (χ3v) is 6.26. The number of ether oxygens (including phenoxy) is 1. The number of alkyl halides is 1. The SMILES string of the molecule is COc1c(N2CCC/C(=C(/Cl)CN)C2)c(F)cc2c(=O)c(C(=O)O)cn([C@@H]3C[C@@H]3F)c12. The summed E-state index contributed by atoms with van der Waals surface area (Å²) >= 11 is 6.22. The van der Waals surface area contributed by atoms with E-state index < -0.39 is 35.0 Å². The van der Waals surface area contributed by atoms with Gasteiger partial charge in [0.2, 0.25) is 5.43 Å². The van der Waals surface area contributed by atoms with Crippen LogP contribution in [-0.2, 0) is 0 Å². The van der Waals surface area contributed by atoms with Gasteiger partial charge in [-0.2, -0.15) is 0 Å². The number of hydrogen-bond donors (Lipinski definition) is 2. The number of piperidine rings is 1. The van der Waals surface area contributed by atoms with Crippen molar-refractivity contribution >= 4 is 34.2 Å². The summed E-state index contributed by atoms with van der Waals surface area (Å²) in [5.41, 5.74) is 5.46. The molecule has 7 nitrogen and oxygen atoms in total. The van der Waals surface area contributed by atoms with Gasteiger partial charge in [-0.25, -0.2) is 13.6 Å². The van der Waals surface area contributed by atoms with Crippen LogP contribution >= 0.6 is 11.6 Å². The van der Waals surface area contributed by atoms with Gasteiger partial charge in [-0.1, -0.05) is 11.6 Å². The summed E-state index contributed by atoms with van der Waals surface area (Å²) in [6.07, 6.45) is 1.57. The Bertz CT molecular complexity index is 1160. The van der Waals surface area contributed by atoms with Crippen molar-refractivity contribution in [2.75, 3.05) is 31.6 Å². The number of hydrogen-bond acceptors (Lipinski definition) is 5. The summed E-state index contributed by atoms with van der Waals surface area (Å²) in [5.74, 6) is -2.12. The number of aromatic nitrogens is 1. The first-order chi connectivity index (χ1) is 14.8. The molecule has 0 amide bonds. The Balaban J connectivity index is 1.98. The Kier molecular flexibility index (Phi) is 5.65. The highest BCUT2D eigenvalue weighted by Crippen LogP contribution is 2.45. The summed E-state index contributed by atoms with van der Waals surface area (Å²) in [7, 11) is 1.34. The number of benzene rings is 1. The van der Waals surface area contributed by atoms with E-state index in [1.807, 2.05) is 0 Å². The Morgan fingerprint density at radius 2 is 2.16 bits per heavy atom. The minimum atomic E-state index is -1.46. The van der Waals surface area contributed by atoms with Crippen LogP contribution in [0, 0.1) is 5.82 Å². The molecule has 0 unspecified atom stereocenters. The first-order valence-corrected chi connectivity index (χ1v) is 10.3. The van der Waals surface area contributed by atoms with Crippen molar-refractivity contribution in [3.8, 4) is 5.75 Å². The number of carboxylic acids is 1. The third kappa shape index (κ3) is 3.65. The predicted octanol–water partition coefficient (Wildman–Crippen LogP) is 3.18. The van der Waals surface area contributed by atoms with Gasteiger partial charge >= 0.3 is 5.97 Å². The fraction of sp³-hybridized carbons (Fsp3) is 0.429. The van der Waals surface area contributed by atoms with E-state index in [1.165, 1.54) is 11.7 Å². The minimum Gasteiger partial charge on any atom is -0.492 e. The fourth-order valence-corrected chi connectivity index (χ4v) is 4.37. The van der Waals surface area contributed by atoms with Crippen molar-refractivity contribution in [1.29, 1.82) is 0 Å². The molecule has 0 spiro atoms. The highest BCUT2D eigenvalue weighted by atomic mass is 35.5.